The summed E-state index contributed by atoms with van der Waals surface area (Å²) >= 11 is 0. The molecular weight excluding hydrogens is 316 g/mol. The van der Waals surface area contributed by atoms with Crippen molar-refractivity contribution in [2.75, 3.05) is 6.61 Å². The fourth-order valence-electron chi connectivity index (χ4n) is 8.53. The average Bonchev–Trinajstić information content (AvgIpc) is 2.69. The van der Waals surface area contributed by atoms with Crippen LogP contribution in [0.3, 0.4) is 0 Å². The predicted octanol–water partition coefficient (Wildman–Crippen LogP) is 3.45. The van der Waals surface area contributed by atoms with Gasteiger partial charge in [-0.3, -0.25) is 4.79 Å². The van der Waals surface area contributed by atoms with E-state index in [1.807, 2.05) is 6.92 Å². The van der Waals surface area contributed by atoms with Crippen molar-refractivity contribution in [3.05, 3.63) is 0 Å². The van der Waals surface area contributed by atoms with Gasteiger partial charge in [-0.1, -0.05) is 20.3 Å². The smallest absolute Gasteiger partial charge is 0.309 e. The van der Waals surface area contributed by atoms with E-state index in [1.165, 1.54) is 0 Å². The van der Waals surface area contributed by atoms with Gasteiger partial charge in [0.2, 0.25) is 0 Å². The molecule has 1 spiro atoms. The number of hydrogen-bond donors (Lipinski definition) is 3. The first-order valence-electron chi connectivity index (χ1n) is 10.2. The second-order valence-corrected chi connectivity index (χ2v) is 10.6. The van der Waals surface area contributed by atoms with Crippen molar-refractivity contribution < 1.29 is 20.1 Å². The highest BCUT2D eigenvalue weighted by atomic mass is 16.4. The molecule has 25 heavy (non-hydrogen) atoms. The van der Waals surface area contributed by atoms with Crippen LogP contribution in [0.1, 0.15) is 72.1 Å². The van der Waals surface area contributed by atoms with Gasteiger partial charge in [0.25, 0.3) is 0 Å². The Labute approximate surface area is 151 Å². The van der Waals surface area contributed by atoms with Gasteiger partial charge >= 0.3 is 5.97 Å². The van der Waals surface area contributed by atoms with Crippen LogP contribution < -0.4 is 0 Å². The summed E-state index contributed by atoms with van der Waals surface area (Å²) in [5.74, 6) is -0.0330. The maximum absolute atomic E-state index is 12.1. The standard InChI is InChI=1S/C21H34O4/c1-18-9-5-15-19(2)7-4-8-20(3,17(24)25)14(19)6-10-21(15,12-18)13(11-22)16(18)23/h13-16,22-23H,4-12H2,1-3H3,(H,24,25)/t13-,14+,15+,16-,18?,19-,20-,21+/m1/s1. The lowest BCUT2D eigenvalue weighted by atomic mass is 9.39. The summed E-state index contributed by atoms with van der Waals surface area (Å²) in [5.41, 5.74) is -0.676. The minimum Gasteiger partial charge on any atom is -0.481 e. The van der Waals surface area contributed by atoms with Crippen LogP contribution in [0.15, 0.2) is 0 Å². The third kappa shape index (κ3) is 1.99. The van der Waals surface area contributed by atoms with E-state index in [4.69, 9.17) is 0 Å². The molecule has 1 unspecified atom stereocenters. The number of carbonyl (C=O) groups is 1. The van der Waals surface area contributed by atoms with Crippen LogP contribution in [-0.4, -0.2) is 34.0 Å². The van der Waals surface area contributed by atoms with E-state index in [0.717, 1.165) is 51.4 Å². The van der Waals surface area contributed by atoms with E-state index in [0.29, 0.717) is 5.92 Å². The van der Waals surface area contributed by atoms with Crippen molar-refractivity contribution in [3.63, 3.8) is 0 Å². The summed E-state index contributed by atoms with van der Waals surface area (Å²) < 4.78 is 0. The molecule has 4 aliphatic rings. The largest absolute Gasteiger partial charge is 0.481 e. The molecule has 0 aromatic carbocycles. The molecular formula is C21H34O4. The van der Waals surface area contributed by atoms with Crippen molar-refractivity contribution in [3.8, 4) is 0 Å². The second kappa shape index (κ2) is 5.22. The van der Waals surface area contributed by atoms with E-state index >= 15 is 0 Å². The molecule has 4 saturated carbocycles. The molecule has 0 radical (unpaired) electrons. The van der Waals surface area contributed by atoms with Gasteiger partial charge < -0.3 is 15.3 Å². The van der Waals surface area contributed by atoms with E-state index in [9.17, 15) is 20.1 Å². The molecule has 4 aliphatic carbocycles. The number of carboxylic acids is 1. The predicted molar refractivity (Wildman–Crippen MR) is 94.9 cm³/mol. The summed E-state index contributed by atoms with van der Waals surface area (Å²) in [6, 6.07) is 0. The molecule has 8 atom stereocenters. The summed E-state index contributed by atoms with van der Waals surface area (Å²) in [7, 11) is 0. The monoisotopic (exact) mass is 350 g/mol. The van der Waals surface area contributed by atoms with Crippen LogP contribution >= 0.6 is 0 Å². The Hall–Kier alpha value is -0.610. The first kappa shape index (κ1) is 17.8. The van der Waals surface area contributed by atoms with Crippen molar-refractivity contribution in [1.82, 2.24) is 0 Å². The Morgan fingerprint density at radius 1 is 1.04 bits per heavy atom. The van der Waals surface area contributed by atoms with Gasteiger partial charge in [0.05, 0.1) is 11.5 Å². The first-order chi connectivity index (χ1) is 11.6. The molecule has 4 rings (SSSR count). The minimum absolute atomic E-state index is 0.00314. The Balaban J connectivity index is 1.78. The molecule has 2 bridgehead atoms. The highest BCUT2D eigenvalue weighted by Gasteiger charge is 2.71. The zero-order chi connectivity index (χ0) is 18.3. The molecule has 0 aromatic rings. The SMILES string of the molecule is CC12CC[C@H]3[C@]4(C)CCC[C@@](C)(C(=O)O)[C@H]4CC[C@]3(C1)[C@H](CO)[C@H]2O. The lowest BCUT2D eigenvalue weighted by Gasteiger charge is -2.64. The van der Waals surface area contributed by atoms with Crippen LogP contribution in [0.2, 0.25) is 0 Å². The molecule has 142 valence electrons. The summed E-state index contributed by atoms with van der Waals surface area (Å²) in [6.07, 6.45) is 7.42. The van der Waals surface area contributed by atoms with Gasteiger partial charge in [-0.05, 0) is 80.0 Å². The maximum Gasteiger partial charge on any atom is 0.309 e. The Kier molecular flexibility index (Phi) is 3.71. The third-order valence-corrected chi connectivity index (χ3v) is 9.62. The summed E-state index contributed by atoms with van der Waals surface area (Å²) in [4.78, 5) is 12.1. The minimum atomic E-state index is -0.634. The quantitative estimate of drug-likeness (QED) is 0.713. The Morgan fingerprint density at radius 3 is 2.36 bits per heavy atom. The molecule has 4 fully saturated rings. The number of aliphatic hydroxyl groups is 2. The van der Waals surface area contributed by atoms with E-state index < -0.39 is 17.5 Å². The van der Waals surface area contributed by atoms with Crippen LogP contribution in [0.25, 0.3) is 0 Å². The molecule has 0 heterocycles. The third-order valence-electron chi connectivity index (χ3n) is 9.62. The van der Waals surface area contributed by atoms with Gasteiger partial charge in [-0.25, -0.2) is 0 Å². The van der Waals surface area contributed by atoms with Crippen molar-refractivity contribution >= 4 is 5.97 Å². The van der Waals surface area contributed by atoms with Crippen LogP contribution in [0, 0.1) is 39.4 Å². The zero-order valence-corrected chi connectivity index (χ0v) is 15.9. The molecule has 3 N–H and O–H groups in total. The summed E-state index contributed by atoms with van der Waals surface area (Å²) in [5, 5.41) is 31.1. The van der Waals surface area contributed by atoms with Crippen LogP contribution in [0.4, 0.5) is 0 Å². The lowest BCUT2D eigenvalue weighted by molar-refractivity contribution is -0.189. The van der Waals surface area contributed by atoms with E-state index in [1.54, 1.807) is 0 Å². The lowest BCUT2D eigenvalue weighted by Crippen LogP contribution is -2.60. The average molecular weight is 350 g/mol. The fourth-order valence-corrected chi connectivity index (χ4v) is 8.53. The molecule has 0 aromatic heterocycles. The highest BCUT2D eigenvalue weighted by molar-refractivity contribution is 5.75. The van der Waals surface area contributed by atoms with Crippen LogP contribution in [-0.2, 0) is 4.79 Å². The van der Waals surface area contributed by atoms with Crippen molar-refractivity contribution in [2.45, 2.75) is 78.2 Å². The fraction of sp³-hybridized carbons (Fsp3) is 0.952. The van der Waals surface area contributed by atoms with Gasteiger partial charge in [0, 0.05) is 12.5 Å². The van der Waals surface area contributed by atoms with Crippen LogP contribution in [0.5, 0.6) is 0 Å². The second-order valence-electron chi connectivity index (χ2n) is 10.6. The van der Waals surface area contributed by atoms with E-state index in [2.05, 4.69) is 13.8 Å². The van der Waals surface area contributed by atoms with E-state index in [-0.39, 0.29) is 34.7 Å². The molecule has 4 nitrogen and oxygen atoms in total. The molecule has 0 aliphatic heterocycles. The zero-order valence-electron chi connectivity index (χ0n) is 15.9. The van der Waals surface area contributed by atoms with Gasteiger partial charge in [0.15, 0.2) is 0 Å². The highest BCUT2D eigenvalue weighted by Crippen LogP contribution is 2.75. The number of carboxylic acid groups (broad SMARTS) is 1. The molecule has 0 saturated heterocycles. The van der Waals surface area contributed by atoms with Gasteiger partial charge in [-0.2, -0.15) is 0 Å². The van der Waals surface area contributed by atoms with Crippen molar-refractivity contribution in [2.24, 2.45) is 39.4 Å². The maximum atomic E-state index is 12.1. The van der Waals surface area contributed by atoms with Gasteiger partial charge in [0.1, 0.15) is 0 Å². The van der Waals surface area contributed by atoms with Crippen molar-refractivity contribution in [1.29, 1.82) is 0 Å². The normalized spacial score (nSPS) is 57.6. The number of hydrogen-bond acceptors (Lipinski definition) is 3. The summed E-state index contributed by atoms with van der Waals surface area (Å²) in [6.45, 7) is 6.56. The number of aliphatic carboxylic acids is 1. The first-order valence-corrected chi connectivity index (χ1v) is 10.2. The number of fused-ring (bicyclic) bond motifs is 3. The Bertz CT molecular complexity index is 590. The van der Waals surface area contributed by atoms with Gasteiger partial charge in [-0.15, -0.1) is 0 Å². The molecule has 0 amide bonds. The number of rotatable bonds is 2. The Morgan fingerprint density at radius 2 is 1.72 bits per heavy atom. The molecule has 4 heteroatoms. The topological polar surface area (TPSA) is 77.8 Å². The number of aliphatic hydroxyl groups excluding tert-OH is 2.